The van der Waals surface area contributed by atoms with E-state index < -0.39 is 44.9 Å². The molecule has 0 aliphatic heterocycles. The number of aromatic nitrogens is 3. The largest absolute Gasteiger partial charge is 0.433 e. The Labute approximate surface area is 291 Å². The number of carbonyl (C=O) groups is 3. The normalized spacial score (nSPS) is 37.3. The van der Waals surface area contributed by atoms with Gasteiger partial charge in [0, 0.05) is 34.7 Å². The van der Waals surface area contributed by atoms with Crippen molar-refractivity contribution in [1.82, 2.24) is 14.5 Å². The first-order chi connectivity index (χ1) is 23.1. The molecule has 2 aromatic heterocycles. The van der Waals surface area contributed by atoms with Crippen molar-refractivity contribution >= 4 is 17.5 Å². The topological polar surface area (TPSA) is 106 Å². The van der Waals surface area contributed by atoms with Crippen molar-refractivity contribution in [2.45, 2.75) is 99.6 Å². The Hall–Kier alpha value is -3.87. The predicted octanol–water partition coefficient (Wildman–Crippen LogP) is 8.82. The fourth-order valence-corrected chi connectivity index (χ4v) is 11.6. The summed E-state index contributed by atoms with van der Waals surface area (Å²) < 4.78 is 40.8. The third kappa shape index (κ3) is 4.56. The molecule has 0 radical (unpaired) electrons. The Morgan fingerprint density at radius 2 is 1.68 bits per heavy atom. The van der Waals surface area contributed by atoms with Crippen LogP contribution in [0, 0.1) is 61.6 Å². The summed E-state index contributed by atoms with van der Waals surface area (Å²) in [5.41, 5.74) is -2.28. The fraction of sp³-hybridized carbons (Fsp3) is 0.600. The quantitative estimate of drug-likeness (QED) is 0.313. The van der Waals surface area contributed by atoms with Crippen LogP contribution >= 0.6 is 0 Å². The number of rotatable bonds is 2. The molecule has 7 rings (SSSR count). The fourth-order valence-electron chi connectivity index (χ4n) is 11.6. The van der Waals surface area contributed by atoms with Crippen molar-refractivity contribution < 1.29 is 27.6 Å². The highest BCUT2D eigenvalue weighted by Gasteiger charge is 2.71. The monoisotopic (exact) mass is 686 g/mol. The van der Waals surface area contributed by atoms with Crippen LogP contribution in [0.1, 0.15) is 104 Å². The number of nitriles is 1. The SMILES string of the molecule is CC1(C)CC[C@]2(C(=O)n3cnc(-c4ccc(C(F)(F)F)nc4)c3)CC[C@]3(C)[C@H](C(=O)C=C4[C@@]5(C)C=C(C#N)C(=O)C(C)(C)C5CC[C@]43C)C2C1. The second-order valence-corrected chi connectivity index (χ2v) is 17.8. The molecule has 0 saturated heterocycles. The summed E-state index contributed by atoms with van der Waals surface area (Å²) in [5, 5.41) is 10.0. The maximum Gasteiger partial charge on any atom is 0.433 e. The highest BCUT2D eigenvalue weighted by Crippen LogP contribution is 2.74. The molecule has 7 atom stereocenters. The Kier molecular flexibility index (Phi) is 7.32. The molecule has 0 amide bonds. The third-order valence-corrected chi connectivity index (χ3v) is 14.5. The van der Waals surface area contributed by atoms with Gasteiger partial charge in [-0.3, -0.25) is 23.9 Å². The number of ketones is 2. The molecule has 2 aromatic rings. The predicted molar refractivity (Wildman–Crippen MR) is 180 cm³/mol. The first kappa shape index (κ1) is 34.6. The number of allylic oxidation sites excluding steroid dienone is 4. The molecule has 0 spiro atoms. The molecular formula is C40H45F3N4O3. The molecule has 264 valence electrons. The summed E-state index contributed by atoms with van der Waals surface area (Å²) in [6.45, 7) is 14.9. The van der Waals surface area contributed by atoms with Crippen molar-refractivity contribution in [3.05, 3.63) is 59.8 Å². The van der Waals surface area contributed by atoms with E-state index in [2.05, 4.69) is 50.7 Å². The highest BCUT2D eigenvalue weighted by molar-refractivity contribution is 6.04. The van der Waals surface area contributed by atoms with Crippen LogP contribution in [-0.4, -0.2) is 32.0 Å². The summed E-state index contributed by atoms with van der Waals surface area (Å²) in [6, 6.07) is 4.37. The van der Waals surface area contributed by atoms with Crippen molar-refractivity contribution in [1.29, 1.82) is 5.26 Å². The van der Waals surface area contributed by atoms with Gasteiger partial charge in [0.15, 0.2) is 11.6 Å². The molecule has 0 N–H and O–H groups in total. The molecule has 50 heavy (non-hydrogen) atoms. The minimum Gasteiger partial charge on any atom is -0.295 e. The number of nitrogens with zero attached hydrogens (tertiary/aromatic N) is 4. The number of imidazole rings is 1. The standard InChI is InChI=1S/C40H45F3N4O3/c1-34(2)12-14-39(33(50)47-21-26(46-22-47)23-8-9-30(45-20-23)40(41,42)43)15-13-38(7)31(25(39)18-34)27(48)16-29-36(5)17-24(19-44)32(49)35(3,4)28(36)10-11-37(29,38)6/h8-9,16-17,20-22,25,28,31H,10-15,18H2,1-7H3/t25?,28?,31-,36-,37+,38+,39-/m0/s1. The highest BCUT2D eigenvalue weighted by atomic mass is 19.4. The van der Waals surface area contributed by atoms with Crippen LogP contribution in [0.15, 0.2) is 54.2 Å². The van der Waals surface area contributed by atoms with Crippen LogP contribution in [0.2, 0.25) is 0 Å². The molecule has 7 nitrogen and oxygen atoms in total. The van der Waals surface area contributed by atoms with E-state index in [9.17, 15) is 32.8 Å². The lowest BCUT2D eigenvalue weighted by Crippen LogP contribution is -2.66. The number of hydrogen-bond donors (Lipinski definition) is 0. The van der Waals surface area contributed by atoms with Crippen LogP contribution in [-0.2, 0) is 15.8 Å². The zero-order valence-electron chi connectivity index (χ0n) is 29.9. The lowest BCUT2D eigenvalue weighted by molar-refractivity contribution is -0.164. The zero-order valence-corrected chi connectivity index (χ0v) is 29.9. The Morgan fingerprint density at radius 3 is 2.32 bits per heavy atom. The number of carbonyl (C=O) groups excluding carboxylic acids is 3. The van der Waals surface area contributed by atoms with Crippen LogP contribution in [0.3, 0.4) is 0 Å². The van der Waals surface area contributed by atoms with Gasteiger partial charge in [0.2, 0.25) is 5.91 Å². The van der Waals surface area contributed by atoms with Gasteiger partial charge in [0.25, 0.3) is 0 Å². The van der Waals surface area contributed by atoms with E-state index in [1.165, 1.54) is 17.0 Å². The molecule has 0 bridgehead atoms. The number of fused-ring (bicyclic) bond motifs is 7. The Morgan fingerprint density at radius 1 is 0.980 bits per heavy atom. The van der Waals surface area contributed by atoms with E-state index >= 15 is 0 Å². The molecule has 10 heteroatoms. The van der Waals surface area contributed by atoms with Crippen LogP contribution in [0.5, 0.6) is 0 Å². The van der Waals surface area contributed by atoms with Gasteiger partial charge in [0.1, 0.15) is 18.1 Å². The summed E-state index contributed by atoms with van der Waals surface area (Å²) in [6.07, 6.45) is 8.22. The van der Waals surface area contributed by atoms with Gasteiger partial charge in [-0.05, 0) is 91.2 Å². The van der Waals surface area contributed by atoms with Gasteiger partial charge in [-0.2, -0.15) is 18.4 Å². The lowest BCUT2D eigenvalue weighted by Gasteiger charge is -2.69. The van der Waals surface area contributed by atoms with E-state index in [4.69, 9.17) is 0 Å². The molecule has 3 saturated carbocycles. The van der Waals surface area contributed by atoms with E-state index in [1.54, 1.807) is 6.20 Å². The number of halogens is 3. The molecule has 5 aliphatic carbocycles. The maximum atomic E-state index is 14.8. The minimum atomic E-state index is -4.56. The summed E-state index contributed by atoms with van der Waals surface area (Å²) >= 11 is 0. The number of alkyl halides is 3. The molecule has 5 aliphatic rings. The van der Waals surface area contributed by atoms with Crippen molar-refractivity contribution in [3.63, 3.8) is 0 Å². The second kappa shape index (κ2) is 10.6. The second-order valence-electron chi connectivity index (χ2n) is 17.8. The van der Waals surface area contributed by atoms with Crippen LogP contribution in [0.4, 0.5) is 13.2 Å². The zero-order chi connectivity index (χ0) is 36.4. The average molecular weight is 687 g/mol. The lowest BCUT2D eigenvalue weighted by atomic mass is 9.34. The first-order valence-electron chi connectivity index (χ1n) is 17.7. The summed E-state index contributed by atoms with van der Waals surface area (Å²) in [4.78, 5) is 51.0. The van der Waals surface area contributed by atoms with Gasteiger partial charge in [0.05, 0.1) is 16.7 Å². The van der Waals surface area contributed by atoms with E-state index in [-0.39, 0.29) is 40.3 Å². The van der Waals surface area contributed by atoms with Crippen LogP contribution in [0.25, 0.3) is 11.3 Å². The first-order valence-corrected chi connectivity index (χ1v) is 17.7. The van der Waals surface area contributed by atoms with Crippen LogP contribution < -0.4 is 0 Å². The average Bonchev–Trinajstić information content (AvgIpc) is 3.53. The Bertz CT molecular complexity index is 1930. The van der Waals surface area contributed by atoms with Crippen molar-refractivity contribution in [3.8, 4) is 17.3 Å². The smallest absolute Gasteiger partial charge is 0.295 e. The van der Waals surface area contributed by atoms with Gasteiger partial charge < -0.3 is 0 Å². The number of hydrogen-bond acceptors (Lipinski definition) is 6. The van der Waals surface area contributed by atoms with Gasteiger partial charge in [-0.25, -0.2) is 4.98 Å². The molecule has 2 heterocycles. The molecular weight excluding hydrogens is 641 g/mol. The minimum absolute atomic E-state index is 0.0187. The van der Waals surface area contributed by atoms with Crippen molar-refractivity contribution in [2.75, 3.05) is 0 Å². The summed E-state index contributed by atoms with van der Waals surface area (Å²) in [5.74, 6) is -0.950. The molecule has 0 aromatic carbocycles. The van der Waals surface area contributed by atoms with Crippen molar-refractivity contribution in [2.24, 2.45) is 50.2 Å². The van der Waals surface area contributed by atoms with E-state index in [1.807, 2.05) is 26.0 Å². The Balaban J connectivity index is 1.30. The van der Waals surface area contributed by atoms with Gasteiger partial charge >= 0.3 is 6.18 Å². The van der Waals surface area contributed by atoms with E-state index in [0.717, 1.165) is 37.1 Å². The third-order valence-electron chi connectivity index (χ3n) is 14.5. The molecule has 3 fully saturated rings. The summed E-state index contributed by atoms with van der Waals surface area (Å²) in [7, 11) is 0. The van der Waals surface area contributed by atoms with Gasteiger partial charge in [-0.1, -0.05) is 60.1 Å². The van der Waals surface area contributed by atoms with E-state index in [0.29, 0.717) is 36.9 Å². The molecule has 2 unspecified atom stereocenters. The maximum absolute atomic E-state index is 14.8. The number of Topliss-reactive ketones (excluding diaryl/α,β-unsaturated/α-hetero) is 1. The van der Waals surface area contributed by atoms with Gasteiger partial charge in [-0.15, -0.1) is 0 Å². The number of pyridine rings is 1.